The zero-order chi connectivity index (χ0) is 22.6. The molecule has 33 heavy (non-hydrogen) atoms. The van der Waals surface area contributed by atoms with Gasteiger partial charge in [0.15, 0.2) is 5.76 Å². The molecule has 1 N–H and O–H groups in total. The highest BCUT2D eigenvalue weighted by Gasteiger charge is 2.24. The van der Waals surface area contributed by atoms with Crippen LogP contribution in [0, 0.1) is 0 Å². The number of rotatable bonds is 7. The molecule has 1 amide bonds. The van der Waals surface area contributed by atoms with Crippen LogP contribution in [0.2, 0.25) is 0 Å². The van der Waals surface area contributed by atoms with Crippen LogP contribution in [-0.2, 0) is 0 Å². The second-order valence-electron chi connectivity index (χ2n) is 7.67. The van der Waals surface area contributed by atoms with Crippen LogP contribution >= 0.6 is 0 Å². The van der Waals surface area contributed by atoms with E-state index in [9.17, 15) is 4.79 Å². The predicted octanol–water partition coefficient (Wildman–Crippen LogP) is 5.20. The molecule has 0 aliphatic heterocycles. The minimum absolute atomic E-state index is 0. The second kappa shape index (κ2) is 9.00. The molecular weight excluding hydrogens is 416 g/mol. The Morgan fingerprint density at radius 3 is 2.64 bits per heavy atom. The number of benzene rings is 2. The third-order valence-corrected chi connectivity index (χ3v) is 5.40. The van der Waals surface area contributed by atoms with Crippen LogP contribution in [0.4, 0.5) is 0 Å². The summed E-state index contributed by atoms with van der Waals surface area (Å²) in [5, 5.41) is 8.44. The van der Waals surface area contributed by atoms with Crippen molar-refractivity contribution in [2.75, 3.05) is 0 Å². The Bertz CT molecular complexity index is 1360. The first-order chi connectivity index (χ1) is 16.2. The zero-order valence-electron chi connectivity index (χ0n) is 18.0. The van der Waals surface area contributed by atoms with Crippen molar-refractivity contribution in [3.8, 4) is 11.4 Å². The maximum absolute atomic E-state index is 12.5. The molecule has 2 atom stereocenters. The number of hydrogen-bond donors (Lipinski definition) is 1. The molecule has 0 unspecified atom stereocenters. The van der Waals surface area contributed by atoms with Gasteiger partial charge in [-0.05, 0) is 55.0 Å². The monoisotopic (exact) mass is 440 g/mol. The normalized spacial score (nSPS) is 12.9. The first kappa shape index (κ1) is 20.5. The van der Waals surface area contributed by atoms with Gasteiger partial charge in [0.2, 0.25) is 0 Å². The quantitative estimate of drug-likeness (QED) is 0.376. The molecule has 5 aromatic rings. The van der Waals surface area contributed by atoms with Crippen LogP contribution in [0.5, 0.6) is 5.75 Å². The van der Waals surface area contributed by atoms with Gasteiger partial charge < -0.3 is 14.5 Å². The van der Waals surface area contributed by atoms with Crippen molar-refractivity contribution in [3.05, 3.63) is 109 Å². The summed E-state index contributed by atoms with van der Waals surface area (Å²) < 4.78 is 13.5. The number of pyridine rings is 1. The van der Waals surface area contributed by atoms with Crippen LogP contribution < -0.4 is 10.1 Å². The fraction of sp³-hybridized carbons (Fsp3) is 0.115. The van der Waals surface area contributed by atoms with Crippen molar-refractivity contribution in [2.24, 2.45) is 0 Å². The molecule has 3 heterocycles. The van der Waals surface area contributed by atoms with Crippen molar-refractivity contribution in [1.82, 2.24) is 20.1 Å². The van der Waals surface area contributed by atoms with E-state index in [2.05, 4.69) is 15.4 Å². The standard InChI is InChI=1S/C26H22N4O3.H2/c1-18(29-26(31)24-8-5-15-32-24)25(19-6-3-2-4-7-19)33-22-9-10-23-20(16-22)17-28-30(23)21-11-13-27-14-12-21;/h2-18,25H,1H3,(H,29,31);1H/t18-,25-;/m0./s1. The number of nitrogens with zero attached hydrogens (tertiary/aromatic N) is 3. The fourth-order valence-electron chi connectivity index (χ4n) is 3.78. The molecule has 5 rings (SSSR count). The zero-order valence-corrected chi connectivity index (χ0v) is 18.0. The van der Waals surface area contributed by atoms with Gasteiger partial charge in [-0.1, -0.05) is 30.3 Å². The number of aromatic nitrogens is 3. The fourth-order valence-corrected chi connectivity index (χ4v) is 3.78. The summed E-state index contributed by atoms with van der Waals surface area (Å²) in [6, 6.07) is 22.5. The van der Waals surface area contributed by atoms with Crippen LogP contribution in [0.1, 0.15) is 30.6 Å². The summed E-state index contributed by atoms with van der Waals surface area (Å²) in [7, 11) is 0. The number of nitrogens with one attached hydrogen (secondary N) is 1. The highest BCUT2D eigenvalue weighted by atomic mass is 16.5. The van der Waals surface area contributed by atoms with Gasteiger partial charge in [0.05, 0.1) is 29.7 Å². The number of fused-ring (bicyclic) bond motifs is 1. The summed E-state index contributed by atoms with van der Waals surface area (Å²) in [5.74, 6) is 0.662. The Balaban J connectivity index is 0.00000274. The molecule has 0 saturated heterocycles. The molecule has 0 saturated carbocycles. The van der Waals surface area contributed by atoms with Crippen molar-refractivity contribution in [3.63, 3.8) is 0 Å². The Labute approximate surface area is 192 Å². The van der Waals surface area contributed by atoms with Gasteiger partial charge in [-0.15, -0.1) is 0 Å². The number of ether oxygens (including phenoxy) is 1. The topological polar surface area (TPSA) is 82.2 Å². The SMILES string of the molecule is C[C@H](NC(=O)c1ccco1)[C@H](Oc1ccc2c(cnn2-c2ccncc2)c1)c1ccccc1.[HH]. The Morgan fingerprint density at radius 1 is 1.06 bits per heavy atom. The smallest absolute Gasteiger partial charge is 0.287 e. The van der Waals surface area contributed by atoms with E-state index in [-0.39, 0.29) is 19.1 Å². The molecule has 0 fully saturated rings. The lowest BCUT2D eigenvalue weighted by atomic mass is 10.0. The van der Waals surface area contributed by atoms with Gasteiger partial charge in [-0.2, -0.15) is 5.10 Å². The lowest BCUT2D eigenvalue weighted by Gasteiger charge is -2.26. The average molecular weight is 441 g/mol. The van der Waals surface area contributed by atoms with Gasteiger partial charge in [0.25, 0.3) is 5.91 Å². The highest BCUT2D eigenvalue weighted by Crippen LogP contribution is 2.29. The van der Waals surface area contributed by atoms with Crippen molar-refractivity contribution in [1.29, 1.82) is 0 Å². The van der Waals surface area contributed by atoms with Gasteiger partial charge in [0, 0.05) is 19.2 Å². The van der Waals surface area contributed by atoms with Gasteiger partial charge in [-0.3, -0.25) is 9.78 Å². The van der Waals surface area contributed by atoms with Crippen LogP contribution in [0.25, 0.3) is 16.6 Å². The minimum Gasteiger partial charge on any atom is -0.484 e. The summed E-state index contributed by atoms with van der Waals surface area (Å²) in [4.78, 5) is 16.6. The van der Waals surface area contributed by atoms with Crippen LogP contribution in [0.15, 0.2) is 102 Å². The number of carbonyl (C=O) groups is 1. The number of amides is 1. The van der Waals surface area contributed by atoms with Crippen molar-refractivity contribution < 1.29 is 15.4 Å². The summed E-state index contributed by atoms with van der Waals surface area (Å²) in [6.07, 6.45) is 6.36. The van der Waals surface area contributed by atoms with Gasteiger partial charge >= 0.3 is 0 Å². The van der Waals surface area contributed by atoms with E-state index in [0.29, 0.717) is 5.75 Å². The number of hydrogen-bond acceptors (Lipinski definition) is 5. The summed E-state index contributed by atoms with van der Waals surface area (Å²) >= 11 is 0. The third-order valence-electron chi connectivity index (χ3n) is 5.40. The van der Waals surface area contributed by atoms with E-state index < -0.39 is 6.10 Å². The lowest BCUT2D eigenvalue weighted by molar-refractivity contribution is 0.0854. The van der Waals surface area contributed by atoms with E-state index in [1.807, 2.05) is 78.5 Å². The van der Waals surface area contributed by atoms with E-state index in [1.54, 1.807) is 24.5 Å². The second-order valence-corrected chi connectivity index (χ2v) is 7.67. The molecule has 0 bridgehead atoms. The van der Waals surface area contributed by atoms with Gasteiger partial charge in [-0.25, -0.2) is 4.68 Å². The number of furan rings is 1. The minimum atomic E-state index is -0.405. The van der Waals surface area contributed by atoms with Gasteiger partial charge in [0.1, 0.15) is 11.9 Å². The van der Waals surface area contributed by atoms with E-state index >= 15 is 0 Å². The van der Waals surface area contributed by atoms with E-state index in [0.717, 1.165) is 22.2 Å². The Hall–Kier alpha value is -4.39. The average Bonchev–Trinajstić information content (AvgIpc) is 3.54. The highest BCUT2D eigenvalue weighted by molar-refractivity contribution is 5.91. The van der Waals surface area contributed by atoms with Crippen LogP contribution in [0.3, 0.4) is 0 Å². The molecule has 0 spiro atoms. The van der Waals surface area contributed by atoms with Crippen molar-refractivity contribution in [2.45, 2.75) is 19.1 Å². The molecular formula is C26H24N4O3. The largest absolute Gasteiger partial charge is 0.484 e. The van der Waals surface area contributed by atoms with E-state index in [4.69, 9.17) is 9.15 Å². The predicted molar refractivity (Wildman–Crippen MR) is 126 cm³/mol. The third kappa shape index (κ3) is 4.34. The molecule has 0 radical (unpaired) electrons. The molecule has 7 heteroatoms. The molecule has 7 nitrogen and oxygen atoms in total. The maximum Gasteiger partial charge on any atom is 0.287 e. The van der Waals surface area contributed by atoms with Crippen molar-refractivity contribution >= 4 is 16.8 Å². The molecule has 0 aliphatic rings. The first-order valence-electron chi connectivity index (χ1n) is 10.6. The first-order valence-corrected chi connectivity index (χ1v) is 10.6. The lowest BCUT2D eigenvalue weighted by Crippen LogP contribution is -2.39. The maximum atomic E-state index is 12.5. The number of carbonyl (C=O) groups excluding carboxylic acids is 1. The molecule has 166 valence electrons. The summed E-state index contributed by atoms with van der Waals surface area (Å²) in [5.41, 5.74) is 2.85. The summed E-state index contributed by atoms with van der Waals surface area (Å²) in [6.45, 7) is 1.92. The van der Waals surface area contributed by atoms with Crippen LogP contribution in [-0.4, -0.2) is 26.7 Å². The molecule has 3 aromatic heterocycles. The molecule has 0 aliphatic carbocycles. The Kier molecular flexibility index (Phi) is 5.59. The molecule has 2 aromatic carbocycles. The van der Waals surface area contributed by atoms with E-state index in [1.165, 1.54) is 6.26 Å². The Morgan fingerprint density at radius 2 is 1.88 bits per heavy atom.